The number of thiophene rings is 1. The van der Waals surface area contributed by atoms with E-state index in [1.165, 1.54) is 14.2 Å². The van der Waals surface area contributed by atoms with Gasteiger partial charge in [0.2, 0.25) is 11.7 Å². The lowest BCUT2D eigenvalue weighted by atomic mass is 9.87. The van der Waals surface area contributed by atoms with Crippen molar-refractivity contribution in [3.05, 3.63) is 51.8 Å². The highest BCUT2D eigenvalue weighted by molar-refractivity contribution is 7.09. The normalized spacial score (nSPS) is 15.9. The molecule has 0 bridgehead atoms. The summed E-state index contributed by atoms with van der Waals surface area (Å²) in [6, 6.07) is 7.51. The first kappa shape index (κ1) is 17.4. The molecule has 2 N–H and O–H groups in total. The predicted octanol–water partition coefficient (Wildman–Crippen LogP) is 3.19. The van der Waals surface area contributed by atoms with Crippen LogP contribution in [0.5, 0.6) is 17.2 Å². The van der Waals surface area contributed by atoms with E-state index >= 15 is 0 Å². The summed E-state index contributed by atoms with van der Waals surface area (Å²) in [4.78, 5) is 13.5. The van der Waals surface area contributed by atoms with Gasteiger partial charge in [-0.2, -0.15) is 5.10 Å². The predicted molar refractivity (Wildman–Crippen MR) is 102 cm³/mol. The van der Waals surface area contributed by atoms with Crippen molar-refractivity contribution in [3.63, 3.8) is 0 Å². The summed E-state index contributed by atoms with van der Waals surface area (Å²) in [6.45, 7) is 0.599. The number of methoxy groups -OCH3 is 2. The fraction of sp³-hybridized carbons (Fsp3) is 0.263. The molecule has 0 radical (unpaired) electrons. The number of nitrogens with zero attached hydrogens (tertiary/aromatic N) is 2. The molecule has 2 aromatic heterocycles. The van der Waals surface area contributed by atoms with Crippen molar-refractivity contribution < 1.29 is 19.4 Å². The van der Waals surface area contributed by atoms with Crippen molar-refractivity contribution in [2.75, 3.05) is 19.5 Å². The molecule has 3 heterocycles. The Morgan fingerprint density at radius 2 is 2.07 bits per heavy atom. The number of rotatable bonds is 5. The number of hydrogen-bond donors (Lipinski definition) is 2. The van der Waals surface area contributed by atoms with E-state index in [9.17, 15) is 9.90 Å². The van der Waals surface area contributed by atoms with Gasteiger partial charge in [0.15, 0.2) is 11.5 Å². The molecule has 0 saturated carbocycles. The Kier molecular flexibility index (Phi) is 4.49. The highest BCUT2D eigenvalue weighted by Gasteiger charge is 2.31. The van der Waals surface area contributed by atoms with Gasteiger partial charge >= 0.3 is 0 Å². The summed E-state index contributed by atoms with van der Waals surface area (Å²) >= 11 is 1.65. The number of aromatic nitrogens is 2. The molecule has 1 atom stereocenters. The summed E-state index contributed by atoms with van der Waals surface area (Å²) in [5, 5.41) is 19.6. The largest absolute Gasteiger partial charge is 0.502 e. The minimum Gasteiger partial charge on any atom is -0.502 e. The van der Waals surface area contributed by atoms with Crippen LogP contribution in [0.1, 0.15) is 28.3 Å². The summed E-state index contributed by atoms with van der Waals surface area (Å²) in [7, 11) is 2.96. The Hall–Kier alpha value is -3.00. The van der Waals surface area contributed by atoms with E-state index in [1.54, 1.807) is 34.3 Å². The van der Waals surface area contributed by atoms with Gasteiger partial charge in [-0.05, 0) is 29.1 Å². The number of anilines is 1. The van der Waals surface area contributed by atoms with Gasteiger partial charge in [-0.25, -0.2) is 4.68 Å². The minimum atomic E-state index is -0.200. The molecule has 0 fully saturated rings. The molecular formula is C19H19N3O4S. The molecule has 3 aromatic rings. The second-order valence-electron chi connectivity index (χ2n) is 6.26. The Morgan fingerprint density at radius 1 is 1.33 bits per heavy atom. The SMILES string of the molecule is COc1cc([C@@H]2CC(=O)Nc3c2cnn3Cc2cccs2)cc(OC)c1O. The average Bonchev–Trinajstić information content (AvgIpc) is 3.32. The quantitative estimate of drug-likeness (QED) is 0.705. The molecule has 0 unspecified atom stereocenters. The maximum Gasteiger partial charge on any atom is 0.226 e. The number of benzene rings is 1. The third-order valence-corrected chi connectivity index (χ3v) is 5.54. The van der Waals surface area contributed by atoms with Crippen LogP contribution < -0.4 is 14.8 Å². The second-order valence-corrected chi connectivity index (χ2v) is 7.30. The molecule has 0 saturated heterocycles. The van der Waals surface area contributed by atoms with Gasteiger partial charge in [0.05, 0.1) is 27.0 Å². The number of phenolic OH excluding ortho intramolecular Hbond substituents is 1. The third-order valence-electron chi connectivity index (χ3n) is 4.68. The summed E-state index contributed by atoms with van der Waals surface area (Å²) in [6.07, 6.45) is 2.08. The van der Waals surface area contributed by atoms with Crippen molar-refractivity contribution in [2.24, 2.45) is 0 Å². The fourth-order valence-corrected chi connectivity index (χ4v) is 4.04. The number of carbonyl (C=O) groups is 1. The molecule has 1 aromatic carbocycles. The number of fused-ring (bicyclic) bond motifs is 1. The van der Waals surface area contributed by atoms with Crippen LogP contribution in [-0.2, 0) is 11.3 Å². The van der Waals surface area contributed by atoms with Crippen LogP contribution in [0.25, 0.3) is 0 Å². The lowest BCUT2D eigenvalue weighted by Crippen LogP contribution is -2.25. The van der Waals surface area contributed by atoms with Crippen LogP contribution in [-0.4, -0.2) is 35.0 Å². The van der Waals surface area contributed by atoms with Crippen molar-refractivity contribution >= 4 is 23.1 Å². The Labute approximate surface area is 160 Å². The molecule has 27 heavy (non-hydrogen) atoms. The van der Waals surface area contributed by atoms with Crippen molar-refractivity contribution in [1.29, 1.82) is 0 Å². The molecule has 4 rings (SSSR count). The molecule has 1 aliphatic rings. The average molecular weight is 385 g/mol. The van der Waals surface area contributed by atoms with Gasteiger partial charge in [0, 0.05) is 22.8 Å². The first-order chi connectivity index (χ1) is 13.1. The van der Waals surface area contributed by atoms with E-state index in [4.69, 9.17) is 9.47 Å². The van der Waals surface area contributed by atoms with Crippen molar-refractivity contribution in [1.82, 2.24) is 9.78 Å². The summed E-state index contributed by atoms with van der Waals surface area (Å²) in [5.41, 5.74) is 1.76. The van der Waals surface area contributed by atoms with E-state index in [1.807, 2.05) is 17.5 Å². The molecule has 0 aliphatic carbocycles. The van der Waals surface area contributed by atoms with Crippen LogP contribution in [0.2, 0.25) is 0 Å². The fourth-order valence-electron chi connectivity index (χ4n) is 3.35. The maximum atomic E-state index is 12.4. The second kappa shape index (κ2) is 6.96. The number of hydrogen-bond acceptors (Lipinski definition) is 6. The molecule has 1 aliphatic heterocycles. The summed E-state index contributed by atoms with van der Waals surface area (Å²) in [5.74, 6) is 0.986. The number of carbonyl (C=O) groups excluding carboxylic acids is 1. The van der Waals surface area contributed by atoms with Gasteiger partial charge < -0.3 is 19.9 Å². The van der Waals surface area contributed by atoms with E-state index in [0.29, 0.717) is 23.9 Å². The minimum absolute atomic E-state index is 0.0578. The Morgan fingerprint density at radius 3 is 2.70 bits per heavy atom. The first-order valence-corrected chi connectivity index (χ1v) is 9.31. The number of ether oxygens (including phenoxy) is 2. The van der Waals surface area contributed by atoms with Gasteiger partial charge in [-0.3, -0.25) is 4.79 Å². The molecule has 8 heteroatoms. The van der Waals surface area contributed by atoms with E-state index in [-0.39, 0.29) is 24.0 Å². The standard InChI is InChI=1S/C19H19N3O4S/c1-25-15-6-11(7-16(26-2)18(15)24)13-8-17(23)21-19-14(13)9-20-22(19)10-12-4-3-5-27-12/h3-7,9,13,24H,8,10H2,1-2H3,(H,21,23)/t13-/m0/s1. The van der Waals surface area contributed by atoms with Crippen LogP contribution in [0.15, 0.2) is 35.8 Å². The van der Waals surface area contributed by atoms with Crippen LogP contribution in [0.4, 0.5) is 5.82 Å². The lowest BCUT2D eigenvalue weighted by Gasteiger charge is -2.24. The summed E-state index contributed by atoms with van der Waals surface area (Å²) < 4.78 is 12.3. The third kappa shape index (κ3) is 3.12. The van der Waals surface area contributed by atoms with E-state index in [0.717, 1.165) is 16.0 Å². The maximum absolute atomic E-state index is 12.4. The van der Waals surface area contributed by atoms with E-state index in [2.05, 4.69) is 10.4 Å². The molecule has 140 valence electrons. The zero-order valence-corrected chi connectivity index (χ0v) is 15.7. The molecular weight excluding hydrogens is 366 g/mol. The van der Waals surface area contributed by atoms with Crippen LogP contribution in [0.3, 0.4) is 0 Å². The lowest BCUT2D eigenvalue weighted by molar-refractivity contribution is -0.116. The first-order valence-electron chi connectivity index (χ1n) is 8.43. The van der Waals surface area contributed by atoms with E-state index < -0.39 is 0 Å². The molecule has 0 spiro atoms. The smallest absolute Gasteiger partial charge is 0.226 e. The van der Waals surface area contributed by atoms with Gasteiger partial charge in [-0.1, -0.05) is 6.07 Å². The van der Waals surface area contributed by atoms with Crippen molar-refractivity contribution in [3.8, 4) is 17.2 Å². The van der Waals surface area contributed by atoms with Gasteiger partial charge in [0.25, 0.3) is 0 Å². The number of aromatic hydroxyl groups is 1. The number of phenols is 1. The molecule has 7 nitrogen and oxygen atoms in total. The number of amides is 1. The van der Waals surface area contributed by atoms with Gasteiger partial charge in [-0.15, -0.1) is 11.3 Å². The van der Waals surface area contributed by atoms with Crippen LogP contribution in [0, 0.1) is 0 Å². The number of nitrogens with one attached hydrogen (secondary N) is 1. The molecule has 1 amide bonds. The Bertz CT molecular complexity index is 956. The highest BCUT2D eigenvalue weighted by Crippen LogP contribution is 2.44. The zero-order chi connectivity index (χ0) is 19.0. The zero-order valence-electron chi connectivity index (χ0n) is 14.9. The van der Waals surface area contributed by atoms with Crippen LogP contribution >= 0.6 is 11.3 Å². The van der Waals surface area contributed by atoms with Crippen molar-refractivity contribution in [2.45, 2.75) is 18.9 Å². The monoisotopic (exact) mass is 385 g/mol. The highest BCUT2D eigenvalue weighted by atomic mass is 32.1. The topological polar surface area (TPSA) is 85.6 Å². The Balaban J connectivity index is 1.76. The van der Waals surface area contributed by atoms with Gasteiger partial charge in [0.1, 0.15) is 5.82 Å².